The second-order valence-corrected chi connectivity index (χ2v) is 7.15. The molecule has 0 aliphatic rings. The minimum Gasteiger partial charge on any atom is -0.491 e. The van der Waals surface area contributed by atoms with Crippen LogP contribution in [-0.2, 0) is 0 Å². The molecule has 3 aromatic carbocycles. The number of nitrogens with zero attached hydrogens (tertiary/aromatic N) is 2. The van der Waals surface area contributed by atoms with Crippen molar-refractivity contribution in [3.05, 3.63) is 83.9 Å². The first-order valence-electron chi connectivity index (χ1n) is 8.36. The largest absolute Gasteiger partial charge is 0.491 e. The summed E-state index contributed by atoms with van der Waals surface area (Å²) in [5, 5.41) is 1.59. The van der Waals surface area contributed by atoms with E-state index >= 15 is 0 Å². The molecule has 1 aromatic heterocycles. The molecule has 1 heterocycles. The number of rotatable bonds is 6. The maximum Gasteiger partial charge on any atom is 0.173 e. The van der Waals surface area contributed by atoms with Gasteiger partial charge in [-0.2, -0.15) is 0 Å². The van der Waals surface area contributed by atoms with Gasteiger partial charge in [0, 0.05) is 11.4 Å². The van der Waals surface area contributed by atoms with Crippen LogP contribution in [0.2, 0.25) is 5.02 Å². The zero-order valence-electron chi connectivity index (χ0n) is 14.0. The number of thioether (sulfide) groups is 1. The molecule has 0 aliphatic carbocycles. The third-order valence-electron chi connectivity index (χ3n) is 3.95. The number of hydrogen-bond donors (Lipinski definition) is 0. The number of aromatic nitrogens is 2. The van der Waals surface area contributed by atoms with Gasteiger partial charge in [0.25, 0.3) is 0 Å². The molecule has 0 unspecified atom stereocenters. The first-order valence-corrected chi connectivity index (χ1v) is 9.72. The molecule has 26 heavy (non-hydrogen) atoms. The summed E-state index contributed by atoms with van der Waals surface area (Å²) in [5.74, 6) is 1.49. The Labute approximate surface area is 161 Å². The van der Waals surface area contributed by atoms with Crippen molar-refractivity contribution in [3.8, 4) is 11.4 Å². The quantitative estimate of drug-likeness (QED) is 0.310. The summed E-state index contributed by atoms with van der Waals surface area (Å²) >= 11 is 7.81. The average molecular weight is 381 g/mol. The zero-order chi connectivity index (χ0) is 17.8. The van der Waals surface area contributed by atoms with Gasteiger partial charge in [0.05, 0.1) is 22.7 Å². The Morgan fingerprint density at radius 3 is 2.46 bits per heavy atom. The summed E-state index contributed by atoms with van der Waals surface area (Å²) in [4.78, 5) is 4.80. The monoisotopic (exact) mass is 380 g/mol. The van der Waals surface area contributed by atoms with Crippen LogP contribution in [-0.4, -0.2) is 21.9 Å². The molecular formula is C21H17ClN2OS. The van der Waals surface area contributed by atoms with Crippen LogP contribution in [0.25, 0.3) is 16.7 Å². The van der Waals surface area contributed by atoms with Crippen molar-refractivity contribution < 1.29 is 4.74 Å². The van der Waals surface area contributed by atoms with Crippen LogP contribution in [0.1, 0.15) is 0 Å². The second-order valence-electron chi connectivity index (χ2n) is 5.68. The summed E-state index contributed by atoms with van der Waals surface area (Å²) < 4.78 is 7.98. The molecule has 0 saturated heterocycles. The van der Waals surface area contributed by atoms with E-state index in [0.29, 0.717) is 17.4 Å². The SMILES string of the molecule is Clc1ccccc1OCCSc1nc2ccccc2n1-c1ccccc1. The van der Waals surface area contributed by atoms with Crippen LogP contribution < -0.4 is 4.74 Å². The van der Waals surface area contributed by atoms with Gasteiger partial charge in [-0.3, -0.25) is 4.57 Å². The molecule has 130 valence electrons. The molecule has 0 spiro atoms. The van der Waals surface area contributed by atoms with E-state index in [1.54, 1.807) is 11.8 Å². The molecule has 0 fully saturated rings. The summed E-state index contributed by atoms with van der Waals surface area (Å²) in [6, 6.07) is 26.0. The number of hydrogen-bond acceptors (Lipinski definition) is 3. The highest BCUT2D eigenvalue weighted by Crippen LogP contribution is 2.28. The third kappa shape index (κ3) is 3.57. The maximum absolute atomic E-state index is 6.13. The van der Waals surface area contributed by atoms with Gasteiger partial charge in [0.15, 0.2) is 5.16 Å². The van der Waals surface area contributed by atoms with E-state index in [1.165, 1.54) is 0 Å². The van der Waals surface area contributed by atoms with Gasteiger partial charge >= 0.3 is 0 Å². The lowest BCUT2D eigenvalue weighted by Gasteiger charge is -2.10. The Bertz CT molecular complexity index is 1020. The van der Waals surface area contributed by atoms with Gasteiger partial charge in [-0.05, 0) is 36.4 Å². The van der Waals surface area contributed by atoms with Crippen LogP contribution in [0.4, 0.5) is 0 Å². The molecule has 3 nitrogen and oxygen atoms in total. The van der Waals surface area contributed by atoms with Crippen molar-refractivity contribution >= 4 is 34.4 Å². The van der Waals surface area contributed by atoms with Gasteiger partial charge in [-0.25, -0.2) is 4.98 Å². The highest BCUT2D eigenvalue weighted by atomic mass is 35.5. The first kappa shape index (κ1) is 17.0. The molecule has 0 aliphatic heterocycles. The fraction of sp³-hybridized carbons (Fsp3) is 0.0952. The highest BCUT2D eigenvalue weighted by molar-refractivity contribution is 7.99. The first-order chi connectivity index (χ1) is 12.8. The molecule has 0 atom stereocenters. The van der Waals surface area contributed by atoms with E-state index in [1.807, 2.05) is 60.7 Å². The lowest BCUT2D eigenvalue weighted by atomic mass is 10.3. The lowest BCUT2D eigenvalue weighted by Crippen LogP contribution is -2.02. The molecule has 4 rings (SSSR count). The van der Waals surface area contributed by atoms with Gasteiger partial charge in [-0.1, -0.05) is 65.8 Å². The summed E-state index contributed by atoms with van der Waals surface area (Å²) in [5.41, 5.74) is 3.20. The molecule has 0 radical (unpaired) electrons. The Hall–Kier alpha value is -2.43. The predicted octanol–water partition coefficient (Wildman–Crippen LogP) is 5.85. The number of para-hydroxylation sites is 4. The Kier molecular flexibility index (Phi) is 5.14. The fourth-order valence-electron chi connectivity index (χ4n) is 2.77. The normalized spacial score (nSPS) is 11.0. The van der Waals surface area contributed by atoms with Crippen molar-refractivity contribution in [2.24, 2.45) is 0 Å². The van der Waals surface area contributed by atoms with Crippen LogP contribution in [0.15, 0.2) is 84.0 Å². The lowest BCUT2D eigenvalue weighted by molar-refractivity contribution is 0.344. The van der Waals surface area contributed by atoms with E-state index in [4.69, 9.17) is 21.3 Å². The van der Waals surface area contributed by atoms with Crippen molar-refractivity contribution in [3.63, 3.8) is 0 Å². The van der Waals surface area contributed by atoms with E-state index in [2.05, 4.69) is 22.8 Å². The topological polar surface area (TPSA) is 27.1 Å². The zero-order valence-corrected chi connectivity index (χ0v) is 15.6. The maximum atomic E-state index is 6.13. The van der Waals surface area contributed by atoms with E-state index in [0.717, 1.165) is 27.6 Å². The number of halogens is 1. The van der Waals surface area contributed by atoms with Crippen LogP contribution >= 0.6 is 23.4 Å². The second kappa shape index (κ2) is 7.85. The van der Waals surface area contributed by atoms with Crippen molar-refractivity contribution in [1.29, 1.82) is 0 Å². The van der Waals surface area contributed by atoms with Crippen LogP contribution in [0, 0.1) is 0 Å². The number of ether oxygens (including phenoxy) is 1. The predicted molar refractivity (Wildman–Crippen MR) is 109 cm³/mol. The molecule has 0 amide bonds. The molecule has 5 heteroatoms. The Morgan fingerprint density at radius 2 is 1.62 bits per heavy atom. The summed E-state index contributed by atoms with van der Waals surface area (Å²) in [7, 11) is 0. The minimum absolute atomic E-state index is 0.562. The Morgan fingerprint density at radius 1 is 0.885 bits per heavy atom. The van der Waals surface area contributed by atoms with Crippen LogP contribution in [0.3, 0.4) is 0 Å². The molecular weight excluding hydrogens is 364 g/mol. The molecule has 0 saturated carbocycles. The van der Waals surface area contributed by atoms with Crippen molar-refractivity contribution in [1.82, 2.24) is 9.55 Å². The minimum atomic E-state index is 0.562. The molecule has 4 aromatic rings. The number of imidazole rings is 1. The van der Waals surface area contributed by atoms with Crippen molar-refractivity contribution in [2.75, 3.05) is 12.4 Å². The van der Waals surface area contributed by atoms with E-state index in [-0.39, 0.29) is 0 Å². The highest BCUT2D eigenvalue weighted by Gasteiger charge is 2.12. The standard InChI is InChI=1S/C21H17ClN2OS/c22-17-10-4-7-13-20(17)25-14-15-26-21-23-18-11-5-6-12-19(18)24(21)16-8-2-1-3-9-16/h1-13H,14-15H2. The van der Waals surface area contributed by atoms with Gasteiger partial charge in [0.2, 0.25) is 0 Å². The van der Waals surface area contributed by atoms with E-state index < -0.39 is 0 Å². The summed E-state index contributed by atoms with van der Waals surface area (Å²) in [6.45, 7) is 0.562. The molecule has 0 bridgehead atoms. The summed E-state index contributed by atoms with van der Waals surface area (Å²) in [6.07, 6.45) is 0. The number of benzene rings is 3. The fourth-order valence-corrected chi connectivity index (χ4v) is 3.81. The smallest absolute Gasteiger partial charge is 0.173 e. The van der Waals surface area contributed by atoms with E-state index in [9.17, 15) is 0 Å². The number of fused-ring (bicyclic) bond motifs is 1. The van der Waals surface area contributed by atoms with Crippen LogP contribution in [0.5, 0.6) is 5.75 Å². The van der Waals surface area contributed by atoms with Gasteiger partial charge < -0.3 is 4.74 Å². The molecule has 0 N–H and O–H groups in total. The van der Waals surface area contributed by atoms with Gasteiger partial charge in [-0.15, -0.1) is 0 Å². The third-order valence-corrected chi connectivity index (χ3v) is 5.17. The van der Waals surface area contributed by atoms with Crippen molar-refractivity contribution in [2.45, 2.75) is 5.16 Å². The average Bonchev–Trinajstić information content (AvgIpc) is 3.05. The van der Waals surface area contributed by atoms with Gasteiger partial charge in [0.1, 0.15) is 5.75 Å². The Balaban J connectivity index is 1.54.